The van der Waals surface area contributed by atoms with Crippen LogP contribution in [-0.2, 0) is 23.1 Å². The fourth-order valence-electron chi connectivity index (χ4n) is 1.84. The molecule has 0 aromatic carbocycles. The molecular weight excluding hydrogens is 232 g/mol. The number of likely N-dealkylation sites (N-methyl/N-ethyl adjacent to an activating group) is 1. The fraction of sp³-hybridized carbons (Fsp3) is 0.667. The van der Waals surface area contributed by atoms with E-state index < -0.39 is 0 Å². The minimum atomic E-state index is -0.176. The van der Waals surface area contributed by atoms with Crippen molar-refractivity contribution >= 4 is 5.91 Å². The molecule has 1 aliphatic rings. The van der Waals surface area contributed by atoms with Crippen LogP contribution < -0.4 is 5.32 Å². The number of hydrogen-bond donors (Lipinski definition) is 1. The summed E-state index contributed by atoms with van der Waals surface area (Å²) in [4.78, 5) is 13.6. The smallest absolute Gasteiger partial charge is 0.248 e. The van der Waals surface area contributed by atoms with E-state index in [4.69, 9.17) is 4.74 Å². The number of aryl methyl sites for hydroxylation is 1. The van der Waals surface area contributed by atoms with Gasteiger partial charge in [0.05, 0.1) is 11.8 Å². The van der Waals surface area contributed by atoms with Gasteiger partial charge in [-0.2, -0.15) is 5.10 Å². The lowest BCUT2D eigenvalue weighted by molar-refractivity contribution is -0.145. The van der Waals surface area contributed by atoms with Crippen LogP contribution in [0.4, 0.5) is 0 Å². The summed E-state index contributed by atoms with van der Waals surface area (Å²) in [5, 5.41) is 7.21. The predicted octanol–water partition coefficient (Wildman–Crippen LogP) is -0.243. The molecule has 6 heteroatoms. The number of carbonyl (C=O) groups excluding carboxylic acids is 1. The van der Waals surface area contributed by atoms with Gasteiger partial charge >= 0.3 is 0 Å². The zero-order valence-electron chi connectivity index (χ0n) is 11.1. The van der Waals surface area contributed by atoms with Crippen LogP contribution in [0.2, 0.25) is 0 Å². The molecule has 0 aliphatic carbocycles. The maximum atomic E-state index is 11.9. The number of carbonyl (C=O) groups is 1. The normalized spacial score (nSPS) is 17.3. The Bertz CT molecular complexity index is 425. The maximum Gasteiger partial charge on any atom is 0.248 e. The van der Waals surface area contributed by atoms with Crippen molar-refractivity contribution in [3.63, 3.8) is 0 Å². The van der Waals surface area contributed by atoms with Crippen LogP contribution >= 0.6 is 0 Å². The Morgan fingerprint density at radius 3 is 2.89 bits per heavy atom. The summed E-state index contributed by atoms with van der Waals surface area (Å²) >= 11 is 0. The quantitative estimate of drug-likeness (QED) is 0.785. The lowest BCUT2D eigenvalue weighted by Crippen LogP contribution is -2.59. The van der Waals surface area contributed by atoms with E-state index in [1.54, 1.807) is 22.8 Å². The molecule has 0 bridgehead atoms. The topological polar surface area (TPSA) is 59.4 Å². The van der Waals surface area contributed by atoms with Crippen molar-refractivity contribution in [2.45, 2.75) is 19.1 Å². The third-order valence-corrected chi connectivity index (χ3v) is 3.15. The van der Waals surface area contributed by atoms with Gasteiger partial charge in [0.2, 0.25) is 5.91 Å². The molecule has 2 heterocycles. The van der Waals surface area contributed by atoms with Gasteiger partial charge < -0.3 is 15.0 Å². The second-order valence-corrected chi connectivity index (χ2v) is 5.11. The van der Waals surface area contributed by atoms with Crippen molar-refractivity contribution in [2.75, 3.05) is 26.7 Å². The minimum absolute atomic E-state index is 0.00743. The molecule has 1 saturated heterocycles. The van der Waals surface area contributed by atoms with Crippen molar-refractivity contribution in [3.05, 3.63) is 18.0 Å². The number of ether oxygens (including phenoxy) is 1. The number of hydrogen-bond acceptors (Lipinski definition) is 4. The SMILES string of the molecule is CN(Cc1cnn(C)c1)C(=O)COC1(C)CNC1. The molecule has 0 radical (unpaired) electrons. The summed E-state index contributed by atoms with van der Waals surface area (Å²) in [5.74, 6) is -0.00743. The second-order valence-electron chi connectivity index (χ2n) is 5.11. The highest BCUT2D eigenvalue weighted by molar-refractivity contribution is 5.77. The molecule has 6 nitrogen and oxygen atoms in total. The van der Waals surface area contributed by atoms with Crippen LogP contribution in [-0.4, -0.2) is 52.9 Å². The molecular formula is C12H20N4O2. The van der Waals surface area contributed by atoms with Crippen molar-refractivity contribution in [1.82, 2.24) is 20.0 Å². The molecule has 1 fully saturated rings. The third-order valence-electron chi connectivity index (χ3n) is 3.15. The van der Waals surface area contributed by atoms with E-state index in [1.165, 1.54) is 0 Å². The third kappa shape index (κ3) is 3.08. The molecule has 0 atom stereocenters. The zero-order chi connectivity index (χ0) is 13.2. The summed E-state index contributed by atoms with van der Waals surface area (Å²) in [6.07, 6.45) is 3.67. The summed E-state index contributed by atoms with van der Waals surface area (Å²) in [5.41, 5.74) is 0.843. The van der Waals surface area contributed by atoms with Gasteiger partial charge in [-0.1, -0.05) is 0 Å². The Hall–Kier alpha value is -1.40. The fourth-order valence-corrected chi connectivity index (χ4v) is 1.84. The average Bonchev–Trinajstić information content (AvgIpc) is 2.69. The molecule has 0 spiro atoms. The van der Waals surface area contributed by atoms with Crippen LogP contribution in [0.1, 0.15) is 12.5 Å². The molecule has 1 amide bonds. The van der Waals surface area contributed by atoms with E-state index >= 15 is 0 Å². The van der Waals surface area contributed by atoms with Gasteiger partial charge in [-0.05, 0) is 6.92 Å². The first-order valence-electron chi connectivity index (χ1n) is 6.05. The first kappa shape index (κ1) is 13.0. The molecule has 1 N–H and O–H groups in total. The molecule has 1 aromatic heterocycles. The highest BCUT2D eigenvalue weighted by Crippen LogP contribution is 2.15. The van der Waals surface area contributed by atoms with Gasteiger partial charge in [0.15, 0.2) is 0 Å². The van der Waals surface area contributed by atoms with Crippen molar-refractivity contribution in [1.29, 1.82) is 0 Å². The zero-order valence-corrected chi connectivity index (χ0v) is 11.1. The largest absolute Gasteiger partial charge is 0.363 e. The van der Waals surface area contributed by atoms with Gasteiger partial charge in [0.1, 0.15) is 6.61 Å². The summed E-state index contributed by atoms with van der Waals surface area (Å²) in [6.45, 7) is 4.33. The van der Waals surface area contributed by atoms with Gasteiger partial charge in [-0.3, -0.25) is 9.48 Å². The van der Waals surface area contributed by atoms with Crippen molar-refractivity contribution < 1.29 is 9.53 Å². The van der Waals surface area contributed by atoms with Gasteiger partial charge in [-0.25, -0.2) is 0 Å². The number of amides is 1. The van der Waals surface area contributed by atoms with E-state index in [9.17, 15) is 4.79 Å². The molecule has 0 saturated carbocycles. The second kappa shape index (κ2) is 5.07. The standard InChI is InChI=1S/C12H20N4O2/c1-12(8-13-9-12)18-7-11(17)15(2)5-10-4-14-16(3)6-10/h4,6,13H,5,7-9H2,1-3H3. The predicted molar refractivity (Wildman–Crippen MR) is 66.9 cm³/mol. The average molecular weight is 252 g/mol. The number of nitrogens with one attached hydrogen (secondary N) is 1. The van der Waals surface area contributed by atoms with E-state index in [0.29, 0.717) is 6.54 Å². The van der Waals surface area contributed by atoms with Crippen molar-refractivity contribution in [3.8, 4) is 0 Å². The Morgan fingerprint density at radius 2 is 2.39 bits per heavy atom. The van der Waals surface area contributed by atoms with Gasteiger partial charge in [-0.15, -0.1) is 0 Å². The van der Waals surface area contributed by atoms with E-state index in [2.05, 4.69) is 10.4 Å². The van der Waals surface area contributed by atoms with Gasteiger partial charge in [0, 0.05) is 45.5 Å². The minimum Gasteiger partial charge on any atom is -0.363 e. The summed E-state index contributed by atoms with van der Waals surface area (Å²) in [6, 6.07) is 0. The Kier molecular flexibility index (Phi) is 3.68. The molecule has 2 rings (SSSR count). The van der Waals surface area contributed by atoms with E-state index in [-0.39, 0.29) is 18.1 Å². The lowest BCUT2D eigenvalue weighted by atomic mass is 10.0. The Balaban J connectivity index is 1.77. The van der Waals surface area contributed by atoms with Crippen LogP contribution in [0.15, 0.2) is 12.4 Å². The molecule has 0 unspecified atom stereocenters. The summed E-state index contributed by atoms with van der Waals surface area (Å²) in [7, 11) is 3.64. The van der Waals surface area contributed by atoms with Gasteiger partial charge in [0.25, 0.3) is 0 Å². The Labute approximate surface area is 107 Å². The van der Waals surface area contributed by atoms with Crippen LogP contribution in [0.5, 0.6) is 0 Å². The summed E-state index contributed by atoms with van der Waals surface area (Å²) < 4.78 is 7.34. The number of nitrogens with zero attached hydrogens (tertiary/aromatic N) is 3. The van der Waals surface area contributed by atoms with Crippen molar-refractivity contribution in [2.24, 2.45) is 7.05 Å². The monoisotopic (exact) mass is 252 g/mol. The molecule has 1 aromatic rings. The van der Waals surface area contributed by atoms with E-state index in [1.807, 2.05) is 20.2 Å². The highest BCUT2D eigenvalue weighted by atomic mass is 16.5. The highest BCUT2D eigenvalue weighted by Gasteiger charge is 2.33. The lowest BCUT2D eigenvalue weighted by Gasteiger charge is -2.39. The van der Waals surface area contributed by atoms with E-state index in [0.717, 1.165) is 18.7 Å². The number of aromatic nitrogens is 2. The van der Waals surface area contributed by atoms with Crippen LogP contribution in [0, 0.1) is 0 Å². The van der Waals surface area contributed by atoms with Crippen LogP contribution in [0.3, 0.4) is 0 Å². The maximum absolute atomic E-state index is 11.9. The van der Waals surface area contributed by atoms with Crippen LogP contribution in [0.25, 0.3) is 0 Å². The first-order valence-corrected chi connectivity index (χ1v) is 6.05. The molecule has 100 valence electrons. The Morgan fingerprint density at radius 1 is 1.67 bits per heavy atom. The molecule has 1 aliphatic heterocycles. The molecule has 18 heavy (non-hydrogen) atoms. The number of rotatable bonds is 5. The first-order chi connectivity index (χ1) is 8.48.